The third-order valence-corrected chi connectivity index (χ3v) is 5.00. The Kier molecular flexibility index (Phi) is 6.52. The molecule has 0 bridgehead atoms. The Bertz CT molecular complexity index is 784. The number of carbonyl (C=O) groups is 1. The molecule has 1 aliphatic heterocycles. The minimum Gasteiger partial charge on any atom is -0.497 e. The van der Waals surface area contributed by atoms with Crippen molar-refractivity contribution in [3.63, 3.8) is 0 Å². The topological polar surface area (TPSA) is 56.8 Å². The number of carbonyl (C=O) groups excluding carboxylic acids is 1. The van der Waals surface area contributed by atoms with Crippen LogP contribution in [-0.2, 0) is 10.5 Å². The summed E-state index contributed by atoms with van der Waals surface area (Å²) in [5.41, 5.74) is 1.71. The van der Waals surface area contributed by atoms with Crippen LogP contribution < -0.4 is 19.5 Å². The van der Waals surface area contributed by atoms with Gasteiger partial charge < -0.3 is 19.5 Å². The fourth-order valence-corrected chi connectivity index (χ4v) is 3.58. The highest BCUT2D eigenvalue weighted by molar-refractivity contribution is 7.99. The molecule has 26 heavy (non-hydrogen) atoms. The molecule has 138 valence electrons. The van der Waals surface area contributed by atoms with Gasteiger partial charge in [-0.25, -0.2) is 0 Å². The van der Waals surface area contributed by atoms with Crippen molar-refractivity contribution in [2.24, 2.45) is 0 Å². The summed E-state index contributed by atoms with van der Waals surface area (Å²) in [7, 11) is 1.59. The molecule has 0 unspecified atom stereocenters. The van der Waals surface area contributed by atoms with Gasteiger partial charge in [0.25, 0.3) is 0 Å². The second-order valence-corrected chi connectivity index (χ2v) is 7.12. The van der Waals surface area contributed by atoms with Gasteiger partial charge in [0, 0.05) is 23.9 Å². The fraction of sp³-hybridized carbons (Fsp3) is 0.316. The highest BCUT2D eigenvalue weighted by Crippen LogP contribution is 2.38. The third-order valence-electron chi connectivity index (χ3n) is 3.72. The van der Waals surface area contributed by atoms with Gasteiger partial charge in [0.05, 0.1) is 31.1 Å². The van der Waals surface area contributed by atoms with Crippen LogP contribution in [0.5, 0.6) is 17.2 Å². The predicted molar refractivity (Wildman–Crippen MR) is 105 cm³/mol. The molecule has 0 spiro atoms. The second kappa shape index (κ2) is 9.05. The molecule has 0 aliphatic carbocycles. The number of rotatable bonds is 6. The standard InChI is InChI=1S/C19H20ClNO4S/c1-23-15-5-2-4-14(10-15)21-18(22)12-26-11-13-8-16(20)19-17(9-13)24-6-3-7-25-19/h2,4-5,8-10H,3,6-7,11-12H2,1H3,(H,21,22). The number of methoxy groups -OCH3 is 1. The summed E-state index contributed by atoms with van der Waals surface area (Å²) < 4.78 is 16.5. The zero-order chi connectivity index (χ0) is 18.4. The van der Waals surface area contributed by atoms with Crippen molar-refractivity contribution in [1.29, 1.82) is 0 Å². The number of hydrogen-bond acceptors (Lipinski definition) is 5. The molecule has 1 aliphatic rings. The highest BCUT2D eigenvalue weighted by atomic mass is 35.5. The van der Waals surface area contributed by atoms with Crippen LogP contribution in [0.25, 0.3) is 0 Å². The first-order chi connectivity index (χ1) is 12.7. The summed E-state index contributed by atoms with van der Waals surface area (Å²) in [6.07, 6.45) is 0.833. The molecule has 7 heteroatoms. The van der Waals surface area contributed by atoms with E-state index >= 15 is 0 Å². The minimum atomic E-state index is -0.0660. The molecule has 1 N–H and O–H groups in total. The van der Waals surface area contributed by atoms with E-state index in [0.717, 1.165) is 12.0 Å². The first kappa shape index (κ1) is 18.7. The highest BCUT2D eigenvalue weighted by Gasteiger charge is 2.15. The molecule has 2 aromatic rings. The lowest BCUT2D eigenvalue weighted by Crippen LogP contribution is -2.14. The van der Waals surface area contributed by atoms with Gasteiger partial charge in [0.15, 0.2) is 11.5 Å². The molecular formula is C19H20ClNO4S. The Morgan fingerprint density at radius 2 is 2.12 bits per heavy atom. The first-order valence-electron chi connectivity index (χ1n) is 8.25. The van der Waals surface area contributed by atoms with Crippen LogP contribution in [0.3, 0.4) is 0 Å². The fourth-order valence-electron chi connectivity index (χ4n) is 2.53. The van der Waals surface area contributed by atoms with Gasteiger partial charge >= 0.3 is 0 Å². The molecule has 0 radical (unpaired) electrons. The summed E-state index contributed by atoms with van der Waals surface area (Å²) in [4.78, 5) is 12.1. The van der Waals surface area contributed by atoms with Gasteiger partial charge in [0.1, 0.15) is 5.75 Å². The van der Waals surface area contributed by atoms with Crippen molar-refractivity contribution in [3.05, 3.63) is 47.0 Å². The number of hydrogen-bond donors (Lipinski definition) is 1. The third kappa shape index (κ3) is 4.99. The SMILES string of the molecule is COc1cccc(NC(=O)CSCc2cc(Cl)c3c(c2)OCCCO3)c1. The van der Waals surface area contributed by atoms with Crippen molar-refractivity contribution < 1.29 is 19.0 Å². The molecule has 0 saturated heterocycles. The average Bonchev–Trinajstić information content (AvgIpc) is 2.88. The Morgan fingerprint density at radius 1 is 1.27 bits per heavy atom. The number of ether oxygens (including phenoxy) is 3. The van der Waals surface area contributed by atoms with E-state index in [0.29, 0.717) is 52.7 Å². The molecule has 5 nitrogen and oxygen atoms in total. The second-order valence-electron chi connectivity index (χ2n) is 5.73. The lowest BCUT2D eigenvalue weighted by atomic mass is 10.2. The Labute approximate surface area is 162 Å². The van der Waals surface area contributed by atoms with Gasteiger partial charge in [-0.1, -0.05) is 17.7 Å². The lowest BCUT2D eigenvalue weighted by Gasteiger charge is -2.11. The predicted octanol–water partition coefficient (Wildman–Crippen LogP) is 4.38. The van der Waals surface area contributed by atoms with E-state index in [9.17, 15) is 4.79 Å². The molecule has 1 heterocycles. The summed E-state index contributed by atoms with van der Waals surface area (Å²) in [5, 5.41) is 3.40. The van der Waals surface area contributed by atoms with Crippen LogP contribution in [0.2, 0.25) is 5.02 Å². The van der Waals surface area contributed by atoms with Crippen molar-refractivity contribution in [1.82, 2.24) is 0 Å². The molecule has 1 amide bonds. The summed E-state index contributed by atoms with van der Waals surface area (Å²) in [6.45, 7) is 1.22. The van der Waals surface area contributed by atoms with E-state index < -0.39 is 0 Å². The monoisotopic (exact) mass is 393 g/mol. The van der Waals surface area contributed by atoms with Crippen LogP contribution in [0.15, 0.2) is 36.4 Å². The smallest absolute Gasteiger partial charge is 0.234 e. The molecule has 0 saturated carbocycles. The van der Waals surface area contributed by atoms with E-state index in [1.54, 1.807) is 13.2 Å². The van der Waals surface area contributed by atoms with Gasteiger partial charge in [-0.15, -0.1) is 11.8 Å². The van der Waals surface area contributed by atoms with E-state index in [-0.39, 0.29) is 5.91 Å². The van der Waals surface area contributed by atoms with Gasteiger partial charge in [-0.2, -0.15) is 0 Å². The molecule has 3 rings (SSSR count). The molecule has 0 aromatic heterocycles. The van der Waals surface area contributed by atoms with Crippen molar-refractivity contribution >= 4 is 35.0 Å². The van der Waals surface area contributed by atoms with Gasteiger partial charge in [0.2, 0.25) is 5.91 Å². The zero-order valence-corrected chi connectivity index (χ0v) is 16.0. The van der Waals surface area contributed by atoms with Crippen molar-refractivity contribution in [2.45, 2.75) is 12.2 Å². The first-order valence-corrected chi connectivity index (χ1v) is 9.78. The molecule has 2 aromatic carbocycles. The average molecular weight is 394 g/mol. The van der Waals surface area contributed by atoms with Crippen LogP contribution in [-0.4, -0.2) is 32.0 Å². The van der Waals surface area contributed by atoms with Gasteiger partial charge in [-0.3, -0.25) is 4.79 Å². The Balaban J connectivity index is 1.53. The minimum absolute atomic E-state index is 0.0660. The zero-order valence-electron chi connectivity index (χ0n) is 14.4. The summed E-state index contributed by atoms with van der Waals surface area (Å²) in [6, 6.07) is 11.1. The number of halogens is 1. The normalized spacial score (nSPS) is 13.0. The largest absolute Gasteiger partial charge is 0.497 e. The van der Waals surface area contributed by atoms with Crippen LogP contribution in [0.1, 0.15) is 12.0 Å². The van der Waals surface area contributed by atoms with E-state index in [1.807, 2.05) is 30.3 Å². The van der Waals surface area contributed by atoms with E-state index in [1.165, 1.54) is 11.8 Å². The lowest BCUT2D eigenvalue weighted by molar-refractivity contribution is -0.113. The number of anilines is 1. The number of benzene rings is 2. The van der Waals surface area contributed by atoms with E-state index in [2.05, 4.69) is 5.32 Å². The number of amides is 1. The molecule has 0 fully saturated rings. The maximum atomic E-state index is 12.1. The summed E-state index contributed by atoms with van der Waals surface area (Å²) >= 11 is 7.80. The Hall–Kier alpha value is -2.05. The van der Waals surface area contributed by atoms with Crippen LogP contribution in [0, 0.1) is 0 Å². The van der Waals surface area contributed by atoms with Crippen LogP contribution in [0.4, 0.5) is 5.69 Å². The van der Waals surface area contributed by atoms with Gasteiger partial charge in [-0.05, 0) is 29.8 Å². The molecule has 0 atom stereocenters. The summed E-state index contributed by atoms with van der Waals surface area (Å²) in [5.74, 6) is 2.91. The Morgan fingerprint density at radius 3 is 2.96 bits per heavy atom. The molecular weight excluding hydrogens is 374 g/mol. The van der Waals surface area contributed by atoms with Crippen molar-refractivity contribution in [3.8, 4) is 17.2 Å². The number of thioether (sulfide) groups is 1. The number of fused-ring (bicyclic) bond motifs is 1. The maximum absolute atomic E-state index is 12.1. The van der Waals surface area contributed by atoms with Crippen LogP contribution >= 0.6 is 23.4 Å². The maximum Gasteiger partial charge on any atom is 0.234 e. The van der Waals surface area contributed by atoms with E-state index in [4.69, 9.17) is 25.8 Å². The van der Waals surface area contributed by atoms with Crippen molar-refractivity contribution in [2.75, 3.05) is 31.4 Å². The quantitative estimate of drug-likeness (QED) is 0.789. The number of nitrogens with one attached hydrogen (secondary N) is 1.